The molecule has 1 aliphatic heterocycles. The standard InChI is InChI=1S/C43H35N3.C2H6/c1-29-13-9-10-24-46(40-23-22-38-42(41(29)40)35-20-7-8-21-37(35)43(38,2)3)34-19-12-17-32(26-34)36(31-15-5-4-6-16-31)27-39(45)33-18-11-14-30(25-33)28-44;1-2/h4-27,39H,1,45H2,2-3H3;1-2H3/b13-9-,24-10-,36-27-;. The number of fused-ring (bicyclic) bond motifs is 5. The Morgan fingerprint density at radius 2 is 1.52 bits per heavy atom. The zero-order valence-electron chi connectivity index (χ0n) is 28.1. The Balaban J connectivity index is 0.00000197. The quantitative estimate of drug-likeness (QED) is 0.212. The number of rotatable bonds is 5. The molecule has 0 saturated carbocycles. The van der Waals surface area contributed by atoms with Gasteiger partial charge in [0.2, 0.25) is 0 Å². The minimum Gasteiger partial charge on any atom is -0.321 e. The molecule has 0 spiro atoms. The Kier molecular flexibility index (Phi) is 9.13. The predicted molar refractivity (Wildman–Crippen MR) is 203 cm³/mol. The fourth-order valence-electron chi connectivity index (χ4n) is 6.90. The molecule has 2 N–H and O–H groups in total. The first-order valence-corrected chi connectivity index (χ1v) is 16.6. The number of nitrogens with two attached hydrogens (primary N) is 1. The monoisotopic (exact) mass is 623 g/mol. The van der Waals surface area contributed by atoms with Gasteiger partial charge in [-0.25, -0.2) is 0 Å². The zero-order valence-corrected chi connectivity index (χ0v) is 28.1. The van der Waals surface area contributed by atoms with E-state index >= 15 is 0 Å². The Morgan fingerprint density at radius 1 is 0.792 bits per heavy atom. The molecule has 5 aromatic rings. The van der Waals surface area contributed by atoms with Crippen LogP contribution in [-0.2, 0) is 5.41 Å². The maximum absolute atomic E-state index is 9.46. The maximum Gasteiger partial charge on any atom is 0.0991 e. The van der Waals surface area contributed by atoms with Crippen LogP contribution in [0, 0.1) is 11.3 Å². The fourth-order valence-corrected chi connectivity index (χ4v) is 6.90. The summed E-state index contributed by atoms with van der Waals surface area (Å²) in [7, 11) is 0. The molecule has 48 heavy (non-hydrogen) atoms. The molecule has 0 fully saturated rings. The molecule has 236 valence electrons. The Bertz CT molecular complexity index is 2120. The second-order valence-electron chi connectivity index (χ2n) is 12.4. The van der Waals surface area contributed by atoms with Crippen molar-refractivity contribution in [2.45, 2.75) is 39.2 Å². The molecule has 0 aromatic heterocycles. The number of benzene rings is 5. The SMILES string of the molecule is C=C1/C=C\C=C/N(c2cccc(/C(=C\C(N)c3cccc(C#N)c3)c3ccccc3)c2)c2ccc3c(c21)-c1ccccc1C3(C)C.CC. The van der Waals surface area contributed by atoms with E-state index in [1.54, 1.807) is 6.07 Å². The van der Waals surface area contributed by atoms with Crippen molar-refractivity contribution in [1.82, 2.24) is 0 Å². The van der Waals surface area contributed by atoms with Crippen molar-refractivity contribution in [1.29, 1.82) is 5.26 Å². The average molecular weight is 624 g/mol. The van der Waals surface area contributed by atoms with Crippen molar-refractivity contribution in [3.05, 3.63) is 191 Å². The lowest BCUT2D eigenvalue weighted by Crippen LogP contribution is -2.16. The molecule has 2 aliphatic rings. The van der Waals surface area contributed by atoms with Crippen LogP contribution in [0.3, 0.4) is 0 Å². The Labute approximate surface area is 285 Å². The number of nitrogens with zero attached hydrogens (tertiary/aromatic N) is 2. The Hall–Kier alpha value is -5.69. The number of allylic oxidation sites excluding steroid dienone is 4. The molecular formula is C45H41N3. The van der Waals surface area contributed by atoms with Crippen molar-refractivity contribution >= 4 is 22.5 Å². The van der Waals surface area contributed by atoms with Crippen LogP contribution in [0.5, 0.6) is 0 Å². The number of hydrogen-bond acceptors (Lipinski definition) is 3. The minimum atomic E-state index is -0.394. The van der Waals surface area contributed by atoms with Crippen LogP contribution in [-0.4, -0.2) is 0 Å². The average Bonchev–Trinajstić information content (AvgIpc) is 3.36. The van der Waals surface area contributed by atoms with Gasteiger partial charge in [-0.2, -0.15) is 5.26 Å². The first kappa shape index (κ1) is 32.3. The van der Waals surface area contributed by atoms with Crippen LogP contribution in [0.2, 0.25) is 0 Å². The van der Waals surface area contributed by atoms with Gasteiger partial charge in [-0.1, -0.05) is 137 Å². The van der Waals surface area contributed by atoms with E-state index in [2.05, 4.69) is 135 Å². The summed E-state index contributed by atoms with van der Waals surface area (Å²) in [6.07, 6.45) is 10.5. The second kappa shape index (κ2) is 13.6. The largest absolute Gasteiger partial charge is 0.321 e. The topological polar surface area (TPSA) is 53.0 Å². The molecule has 3 nitrogen and oxygen atoms in total. The molecule has 1 unspecified atom stereocenters. The molecule has 5 aromatic carbocycles. The molecule has 0 saturated heterocycles. The highest BCUT2D eigenvalue weighted by molar-refractivity contribution is 5.99. The predicted octanol–water partition coefficient (Wildman–Crippen LogP) is 11.3. The summed E-state index contributed by atoms with van der Waals surface area (Å²) < 4.78 is 0. The molecule has 1 atom stereocenters. The van der Waals surface area contributed by atoms with Crippen molar-refractivity contribution in [2.75, 3.05) is 4.90 Å². The van der Waals surface area contributed by atoms with E-state index < -0.39 is 6.04 Å². The third-order valence-corrected chi connectivity index (χ3v) is 9.22. The molecule has 0 radical (unpaired) electrons. The third-order valence-electron chi connectivity index (χ3n) is 9.22. The molecule has 3 heteroatoms. The van der Waals surface area contributed by atoms with Gasteiger partial charge >= 0.3 is 0 Å². The van der Waals surface area contributed by atoms with Gasteiger partial charge in [0.25, 0.3) is 0 Å². The second-order valence-corrected chi connectivity index (χ2v) is 12.4. The lowest BCUT2D eigenvalue weighted by Gasteiger charge is -2.29. The van der Waals surface area contributed by atoms with E-state index in [0.717, 1.165) is 44.8 Å². The van der Waals surface area contributed by atoms with E-state index in [-0.39, 0.29) is 5.41 Å². The first-order valence-electron chi connectivity index (χ1n) is 16.6. The molecule has 1 heterocycles. The van der Waals surface area contributed by atoms with Crippen LogP contribution >= 0.6 is 0 Å². The van der Waals surface area contributed by atoms with Crippen LogP contribution in [0.1, 0.15) is 72.7 Å². The number of anilines is 2. The summed E-state index contributed by atoms with van der Waals surface area (Å²) in [6, 6.07) is 41.6. The van der Waals surface area contributed by atoms with Crippen LogP contribution in [0.15, 0.2) is 152 Å². The van der Waals surface area contributed by atoms with Crippen molar-refractivity contribution < 1.29 is 0 Å². The highest BCUT2D eigenvalue weighted by Crippen LogP contribution is 2.54. The van der Waals surface area contributed by atoms with Gasteiger partial charge in [0.1, 0.15) is 0 Å². The Morgan fingerprint density at radius 3 is 2.31 bits per heavy atom. The minimum absolute atomic E-state index is 0.102. The van der Waals surface area contributed by atoms with Crippen LogP contribution in [0.25, 0.3) is 22.3 Å². The molecule has 0 amide bonds. The smallest absolute Gasteiger partial charge is 0.0991 e. The molecule has 1 aliphatic carbocycles. The summed E-state index contributed by atoms with van der Waals surface area (Å²) in [5.41, 5.74) is 20.8. The summed E-state index contributed by atoms with van der Waals surface area (Å²) in [5, 5.41) is 9.46. The summed E-state index contributed by atoms with van der Waals surface area (Å²) in [5.74, 6) is 0. The lowest BCUT2D eigenvalue weighted by molar-refractivity contribution is 0.660. The van der Waals surface area contributed by atoms with Gasteiger partial charge in [0.15, 0.2) is 0 Å². The van der Waals surface area contributed by atoms with Crippen molar-refractivity contribution in [2.24, 2.45) is 5.73 Å². The highest BCUT2D eigenvalue weighted by atomic mass is 15.1. The van der Waals surface area contributed by atoms with E-state index in [0.29, 0.717) is 5.56 Å². The van der Waals surface area contributed by atoms with Gasteiger partial charge in [0, 0.05) is 28.9 Å². The lowest BCUT2D eigenvalue weighted by atomic mass is 9.81. The van der Waals surface area contributed by atoms with Gasteiger partial charge in [-0.3, -0.25) is 0 Å². The van der Waals surface area contributed by atoms with E-state index in [4.69, 9.17) is 5.73 Å². The number of hydrogen-bond donors (Lipinski definition) is 1. The van der Waals surface area contributed by atoms with E-state index in [1.165, 1.54) is 22.3 Å². The van der Waals surface area contributed by atoms with Crippen LogP contribution in [0.4, 0.5) is 11.4 Å². The molecular weight excluding hydrogens is 583 g/mol. The normalized spacial score (nSPS) is 16.1. The zero-order chi connectivity index (χ0) is 33.8. The summed E-state index contributed by atoms with van der Waals surface area (Å²) in [6.45, 7) is 13.2. The molecule has 0 bridgehead atoms. The van der Waals surface area contributed by atoms with Crippen molar-refractivity contribution in [3.8, 4) is 17.2 Å². The summed E-state index contributed by atoms with van der Waals surface area (Å²) >= 11 is 0. The van der Waals surface area contributed by atoms with E-state index in [1.807, 2.05) is 50.2 Å². The van der Waals surface area contributed by atoms with Gasteiger partial charge in [-0.05, 0) is 86.5 Å². The van der Waals surface area contributed by atoms with Crippen LogP contribution < -0.4 is 10.6 Å². The van der Waals surface area contributed by atoms with Gasteiger partial charge in [0.05, 0.1) is 17.3 Å². The van der Waals surface area contributed by atoms with E-state index in [9.17, 15) is 5.26 Å². The molecule has 7 rings (SSSR count). The third kappa shape index (κ3) is 5.84. The fraction of sp³-hybridized carbons (Fsp3) is 0.133. The van der Waals surface area contributed by atoms with Gasteiger partial charge < -0.3 is 10.6 Å². The maximum atomic E-state index is 9.46. The summed E-state index contributed by atoms with van der Waals surface area (Å²) in [4.78, 5) is 2.26. The number of nitriles is 1. The first-order chi connectivity index (χ1) is 23.4. The van der Waals surface area contributed by atoms with Crippen molar-refractivity contribution in [3.63, 3.8) is 0 Å². The highest BCUT2D eigenvalue weighted by Gasteiger charge is 2.38. The van der Waals surface area contributed by atoms with Gasteiger partial charge in [-0.15, -0.1) is 0 Å².